The molecule has 0 N–H and O–H groups in total. The van der Waals surface area contributed by atoms with Crippen LogP contribution in [0, 0.1) is 0 Å². The predicted octanol–water partition coefficient (Wildman–Crippen LogP) is 1.63. The zero-order chi connectivity index (χ0) is 27.0. The summed E-state index contributed by atoms with van der Waals surface area (Å²) >= 11 is 0. The molecule has 11 heteroatoms. The van der Waals surface area contributed by atoms with E-state index in [-0.39, 0.29) is 51.0 Å². The second-order valence-corrected chi connectivity index (χ2v) is 8.78. The summed E-state index contributed by atoms with van der Waals surface area (Å²) in [5, 5.41) is 0. The molecule has 192 valence electrons. The van der Waals surface area contributed by atoms with Gasteiger partial charge < -0.3 is 24.0 Å². The molecule has 0 saturated carbocycles. The second-order valence-electron chi connectivity index (χ2n) is 8.78. The molecule has 11 nitrogen and oxygen atoms in total. The van der Waals surface area contributed by atoms with Crippen molar-refractivity contribution in [2.45, 2.75) is 20.8 Å². The van der Waals surface area contributed by atoms with E-state index >= 15 is 0 Å². The van der Waals surface area contributed by atoms with Gasteiger partial charge in [-0.25, -0.2) is 0 Å². The van der Waals surface area contributed by atoms with Crippen LogP contribution in [0.4, 0.5) is 0 Å². The van der Waals surface area contributed by atoms with E-state index in [1.807, 2.05) is 7.05 Å². The molecule has 0 radical (unpaired) electrons. The van der Waals surface area contributed by atoms with E-state index < -0.39 is 29.5 Å². The van der Waals surface area contributed by atoms with Gasteiger partial charge in [-0.15, -0.1) is 0 Å². The van der Waals surface area contributed by atoms with Crippen molar-refractivity contribution in [1.82, 2.24) is 9.80 Å². The maximum Gasteiger partial charge on any atom is 0.308 e. The summed E-state index contributed by atoms with van der Waals surface area (Å²) in [6.07, 6.45) is 0. The molecule has 1 saturated heterocycles. The zero-order valence-corrected chi connectivity index (χ0v) is 20.7. The summed E-state index contributed by atoms with van der Waals surface area (Å²) in [7, 11) is 1.94. The van der Waals surface area contributed by atoms with Crippen LogP contribution in [-0.2, 0) is 14.4 Å². The lowest BCUT2D eigenvalue weighted by atomic mass is 9.82. The lowest BCUT2D eigenvalue weighted by Gasteiger charge is -2.32. The number of amides is 1. The van der Waals surface area contributed by atoms with Crippen LogP contribution in [0.3, 0.4) is 0 Å². The van der Waals surface area contributed by atoms with E-state index in [4.69, 9.17) is 14.2 Å². The number of carbonyl (C=O) groups excluding carboxylic acids is 6. The van der Waals surface area contributed by atoms with Gasteiger partial charge in [0.05, 0.1) is 11.1 Å². The molecule has 0 atom stereocenters. The summed E-state index contributed by atoms with van der Waals surface area (Å²) in [6, 6.07) is 4.88. The minimum absolute atomic E-state index is 0.0699. The van der Waals surface area contributed by atoms with Crippen molar-refractivity contribution >= 4 is 35.4 Å². The lowest BCUT2D eigenvalue weighted by molar-refractivity contribution is -0.133. The number of carbonyl (C=O) groups is 6. The topological polar surface area (TPSA) is 137 Å². The first-order valence-corrected chi connectivity index (χ1v) is 11.4. The summed E-state index contributed by atoms with van der Waals surface area (Å²) in [6.45, 7) is 5.63. The van der Waals surface area contributed by atoms with E-state index in [1.54, 1.807) is 4.90 Å². The highest BCUT2D eigenvalue weighted by Crippen LogP contribution is 2.40. The summed E-state index contributed by atoms with van der Waals surface area (Å²) in [5.74, 6) is -4.74. The van der Waals surface area contributed by atoms with Gasteiger partial charge >= 0.3 is 17.9 Å². The number of benzene rings is 2. The number of rotatable bonds is 4. The Morgan fingerprint density at radius 2 is 1.19 bits per heavy atom. The maximum absolute atomic E-state index is 13.7. The van der Waals surface area contributed by atoms with Gasteiger partial charge in [-0.3, -0.25) is 28.8 Å². The Labute approximate surface area is 211 Å². The normalized spacial score (nSPS) is 15.0. The zero-order valence-electron chi connectivity index (χ0n) is 20.7. The van der Waals surface area contributed by atoms with Crippen molar-refractivity contribution in [1.29, 1.82) is 0 Å². The van der Waals surface area contributed by atoms with Crippen molar-refractivity contribution in [2.75, 3.05) is 33.2 Å². The molecule has 0 spiro atoms. The molecule has 1 amide bonds. The van der Waals surface area contributed by atoms with Gasteiger partial charge in [0, 0.05) is 69.7 Å². The van der Waals surface area contributed by atoms with Crippen molar-refractivity contribution in [3.05, 3.63) is 52.1 Å². The van der Waals surface area contributed by atoms with Crippen LogP contribution in [0.15, 0.2) is 24.3 Å². The first kappa shape index (κ1) is 25.7. The minimum atomic E-state index is -0.776. The number of piperazine rings is 1. The number of ether oxygens (including phenoxy) is 3. The molecule has 1 aliphatic carbocycles. The van der Waals surface area contributed by atoms with Crippen LogP contribution in [0.5, 0.6) is 17.2 Å². The molecule has 2 aliphatic rings. The van der Waals surface area contributed by atoms with Crippen LogP contribution >= 0.6 is 0 Å². The second kappa shape index (κ2) is 9.94. The third-order valence-corrected chi connectivity index (χ3v) is 5.93. The molecule has 4 rings (SSSR count). The molecular formula is C26H24N2O9. The Hall–Kier alpha value is -4.38. The molecule has 1 fully saturated rings. The van der Waals surface area contributed by atoms with E-state index in [0.717, 1.165) is 26.8 Å². The SMILES string of the molecule is CC(=O)Oc1cc(OC(C)=O)c2c(c1)C(=O)c1cc(C(=O)N3CCN(C)CC3)cc(OC(C)=O)c1C2=O. The minimum Gasteiger partial charge on any atom is -0.427 e. The molecule has 0 unspecified atom stereocenters. The molecular weight excluding hydrogens is 484 g/mol. The van der Waals surface area contributed by atoms with Crippen molar-refractivity contribution in [2.24, 2.45) is 0 Å². The first-order chi connectivity index (χ1) is 17.5. The number of likely N-dealkylation sites (N-methyl/N-ethyl adjacent to an activating group) is 1. The fourth-order valence-corrected chi connectivity index (χ4v) is 4.31. The fraction of sp³-hybridized carbons (Fsp3) is 0.308. The van der Waals surface area contributed by atoms with Crippen LogP contribution in [0.1, 0.15) is 63.0 Å². The molecule has 37 heavy (non-hydrogen) atoms. The number of hydrogen-bond donors (Lipinski definition) is 0. The Morgan fingerprint density at radius 1 is 0.676 bits per heavy atom. The van der Waals surface area contributed by atoms with Gasteiger partial charge in [0.1, 0.15) is 17.2 Å². The monoisotopic (exact) mass is 508 g/mol. The number of nitrogens with zero attached hydrogens (tertiary/aromatic N) is 2. The van der Waals surface area contributed by atoms with E-state index in [2.05, 4.69) is 4.90 Å². The third-order valence-electron chi connectivity index (χ3n) is 5.93. The van der Waals surface area contributed by atoms with E-state index in [0.29, 0.717) is 26.2 Å². The van der Waals surface area contributed by atoms with Gasteiger partial charge in [0.2, 0.25) is 5.78 Å². The quantitative estimate of drug-likeness (QED) is 0.378. The van der Waals surface area contributed by atoms with E-state index in [1.165, 1.54) is 18.2 Å². The Balaban J connectivity index is 1.88. The molecule has 2 aromatic carbocycles. The summed E-state index contributed by atoms with van der Waals surface area (Å²) in [4.78, 5) is 79.4. The van der Waals surface area contributed by atoms with Crippen LogP contribution < -0.4 is 14.2 Å². The number of esters is 3. The number of hydrogen-bond acceptors (Lipinski definition) is 10. The van der Waals surface area contributed by atoms with Crippen LogP contribution in [-0.4, -0.2) is 78.4 Å². The van der Waals surface area contributed by atoms with Gasteiger partial charge in [-0.2, -0.15) is 0 Å². The van der Waals surface area contributed by atoms with Gasteiger partial charge in [0.15, 0.2) is 5.78 Å². The molecule has 1 aliphatic heterocycles. The highest BCUT2D eigenvalue weighted by molar-refractivity contribution is 6.31. The molecule has 2 aromatic rings. The Kier molecular flexibility index (Phi) is 6.90. The third kappa shape index (κ3) is 5.12. The van der Waals surface area contributed by atoms with Crippen LogP contribution in [0.2, 0.25) is 0 Å². The molecule has 0 aromatic heterocycles. The van der Waals surface area contributed by atoms with Crippen molar-refractivity contribution in [3.8, 4) is 17.2 Å². The number of fused-ring (bicyclic) bond motifs is 2. The average molecular weight is 508 g/mol. The summed E-state index contributed by atoms with van der Waals surface area (Å²) in [5.41, 5.74) is -0.778. The van der Waals surface area contributed by atoms with Gasteiger partial charge in [0.25, 0.3) is 5.91 Å². The largest absolute Gasteiger partial charge is 0.427 e. The highest BCUT2D eigenvalue weighted by Gasteiger charge is 2.38. The highest BCUT2D eigenvalue weighted by atomic mass is 16.5. The Morgan fingerprint density at radius 3 is 1.73 bits per heavy atom. The fourth-order valence-electron chi connectivity index (χ4n) is 4.31. The van der Waals surface area contributed by atoms with Gasteiger partial charge in [-0.1, -0.05) is 0 Å². The first-order valence-electron chi connectivity index (χ1n) is 11.4. The molecule has 1 heterocycles. The smallest absolute Gasteiger partial charge is 0.308 e. The van der Waals surface area contributed by atoms with E-state index in [9.17, 15) is 28.8 Å². The lowest BCUT2D eigenvalue weighted by Crippen LogP contribution is -2.47. The summed E-state index contributed by atoms with van der Waals surface area (Å²) < 4.78 is 15.5. The Bertz CT molecular complexity index is 1370. The standard InChI is InChI=1S/C26H24N2O9/c1-13(29)35-17-11-19-23(21(12-17)37-15(3)31)25(33)22-18(24(19)32)9-16(10-20(22)36-14(2)30)26(34)28-7-5-27(4)6-8-28/h9-12H,5-8H2,1-4H3. The average Bonchev–Trinajstić information content (AvgIpc) is 2.80. The van der Waals surface area contributed by atoms with Crippen LogP contribution in [0.25, 0.3) is 0 Å². The predicted molar refractivity (Wildman–Crippen MR) is 127 cm³/mol. The van der Waals surface area contributed by atoms with Gasteiger partial charge in [-0.05, 0) is 25.2 Å². The maximum atomic E-state index is 13.7. The molecule has 0 bridgehead atoms. The van der Waals surface area contributed by atoms with Crippen molar-refractivity contribution in [3.63, 3.8) is 0 Å². The van der Waals surface area contributed by atoms with Crippen molar-refractivity contribution < 1.29 is 43.0 Å². The number of ketones is 2.